The first-order valence-corrected chi connectivity index (χ1v) is 13.4. The van der Waals surface area contributed by atoms with Gasteiger partial charge in [-0.15, -0.1) is 0 Å². The van der Waals surface area contributed by atoms with Crippen molar-refractivity contribution in [3.8, 4) is 0 Å². The Kier molecular flexibility index (Phi) is 10.0. The van der Waals surface area contributed by atoms with E-state index in [2.05, 4.69) is 20.2 Å². The van der Waals surface area contributed by atoms with Gasteiger partial charge in [-0.2, -0.15) is 0 Å². The zero-order valence-electron chi connectivity index (χ0n) is 21.6. The zero-order chi connectivity index (χ0) is 28.5. The second-order valence-corrected chi connectivity index (χ2v) is 9.89. The predicted molar refractivity (Wildman–Crippen MR) is 150 cm³/mol. The van der Waals surface area contributed by atoms with Crippen LogP contribution in [0.2, 0.25) is 10.3 Å². The van der Waals surface area contributed by atoms with Gasteiger partial charge in [0.2, 0.25) is 0 Å². The summed E-state index contributed by atoms with van der Waals surface area (Å²) in [7, 11) is 0. The van der Waals surface area contributed by atoms with Crippen molar-refractivity contribution < 1.29 is 10.1 Å². The summed E-state index contributed by atoms with van der Waals surface area (Å²) in [4.78, 5) is 38.0. The van der Waals surface area contributed by atoms with Gasteiger partial charge in [0.05, 0.1) is 0 Å². The summed E-state index contributed by atoms with van der Waals surface area (Å²) in [5, 5.41) is 29.0. The first-order valence-electron chi connectivity index (χ1n) is 12.6. The van der Waals surface area contributed by atoms with Crippen molar-refractivity contribution in [1.29, 1.82) is 0 Å². The lowest BCUT2D eigenvalue weighted by Crippen LogP contribution is -2.35. The highest BCUT2D eigenvalue weighted by Gasteiger charge is 2.30. The van der Waals surface area contributed by atoms with Crippen LogP contribution in [0.1, 0.15) is 24.0 Å². The molecule has 14 nitrogen and oxygen atoms in total. The number of pyridine rings is 2. The minimum absolute atomic E-state index is 0.321. The molecule has 4 heterocycles. The van der Waals surface area contributed by atoms with Crippen LogP contribution in [0.25, 0.3) is 0 Å². The third-order valence-electron chi connectivity index (χ3n) is 6.38. The fourth-order valence-electron chi connectivity index (χ4n) is 4.54. The fraction of sp³-hybridized carbons (Fsp3) is 0.417. The standard InChI is InChI=1S/C24H28Cl2N10O4/c25-21-7-5-19(15-27-21)17-33-13-11-31(23(33)29-35(37)38)9-3-1-2-4-10-32-12-14-34(24(32)30-36(39)40)18-20-6-8-22(26)28-16-20/h1-2,5-8,15-16H,3-4,9-14,17-18H2/b2-1+,29-23-,30-24-. The second kappa shape index (κ2) is 13.8. The lowest BCUT2D eigenvalue weighted by molar-refractivity contribution is -0.486. The van der Waals surface area contributed by atoms with Crippen LogP contribution in [0.5, 0.6) is 0 Å². The molecule has 2 fully saturated rings. The molecule has 0 unspecified atom stereocenters. The highest BCUT2D eigenvalue weighted by molar-refractivity contribution is 6.29. The Balaban J connectivity index is 1.27. The lowest BCUT2D eigenvalue weighted by atomic mass is 10.3. The molecule has 0 saturated carbocycles. The fourth-order valence-corrected chi connectivity index (χ4v) is 4.77. The molecule has 2 saturated heterocycles. The summed E-state index contributed by atoms with van der Waals surface area (Å²) in [6.07, 6.45) is 8.64. The average molecular weight is 591 g/mol. The van der Waals surface area contributed by atoms with Crippen LogP contribution >= 0.6 is 23.2 Å². The van der Waals surface area contributed by atoms with Crippen molar-refractivity contribution in [2.24, 2.45) is 10.2 Å². The molecule has 2 aromatic rings. The van der Waals surface area contributed by atoms with E-state index in [9.17, 15) is 20.2 Å². The minimum Gasteiger partial charge on any atom is -0.335 e. The molecule has 0 aromatic carbocycles. The molecule has 0 bridgehead atoms. The van der Waals surface area contributed by atoms with Gasteiger partial charge in [0.15, 0.2) is 10.1 Å². The molecule has 0 radical (unpaired) electrons. The van der Waals surface area contributed by atoms with Gasteiger partial charge >= 0.3 is 0 Å². The second-order valence-electron chi connectivity index (χ2n) is 9.12. The molecular weight excluding hydrogens is 563 g/mol. The molecule has 0 N–H and O–H groups in total. The number of hydrogen-bond donors (Lipinski definition) is 0. The quantitative estimate of drug-likeness (QED) is 0.156. The monoisotopic (exact) mass is 590 g/mol. The first kappa shape index (κ1) is 29.0. The summed E-state index contributed by atoms with van der Waals surface area (Å²) >= 11 is 11.7. The molecule has 16 heteroatoms. The number of aromatic nitrogens is 2. The van der Waals surface area contributed by atoms with Crippen LogP contribution in [-0.4, -0.2) is 90.8 Å². The van der Waals surface area contributed by atoms with E-state index in [1.807, 2.05) is 43.9 Å². The van der Waals surface area contributed by atoms with Gasteiger partial charge in [0.25, 0.3) is 11.9 Å². The van der Waals surface area contributed by atoms with Gasteiger partial charge in [0, 0.05) is 64.8 Å². The van der Waals surface area contributed by atoms with Gasteiger partial charge in [0.1, 0.15) is 20.5 Å². The van der Waals surface area contributed by atoms with Gasteiger partial charge < -0.3 is 19.6 Å². The van der Waals surface area contributed by atoms with Crippen LogP contribution in [0.15, 0.2) is 59.0 Å². The Hall–Kier alpha value is -4.04. The predicted octanol–water partition coefficient (Wildman–Crippen LogP) is 3.15. The largest absolute Gasteiger partial charge is 0.335 e. The molecule has 2 aliphatic heterocycles. The molecule has 0 aliphatic carbocycles. The SMILES string of the molecule is O=[N+]([O-])/N=C1/N(CC/C=C/CCN2CCN(Cc3ccc(Cl)nc3)/C2=N\[N+](=O)[O-])CCN1Cc1ccc(Cl)nc1. The summed E-state index contributed by atoms with van der Waals surface area (Å²) < 4.78 is 0. The van der Waals surface area contributed by atoms with E-state index in [0.29, 0.717) is 87.4 Å². The molecule has 0 atom stereocenters. The maximum Gasteiger partial charge on any atom is 0.274 e. The van der Waals surface area contributed by atoms with Crippen LogP contribution in [0.4, 0.5) is 0 Å². The number of nitro groups is 2. The van der Waals surface area contributed by atoms with Crippen LogP contribution in [0.3, 0.4) is 0 Å². The van der Waals surface area contributed by atoms with Crippen molar-refractivity contribution in [3.63, 3.8) is 0 Å². The van der Waals surface area contributed by atoms with E-state index >= 15 is 0 Å². The number of hydrogen-bond acceptors (Lipinski definition) is 6. The van der Waals surface area contributed by atoms with E-state index in [4.69, 9.17) is 23.2 Å². The Bertz CT molecular complexity index is 1180. The topological polar surface area (TPSA) is 150 Å². The van der Waals surface area contributed by atoms with Crippen molar-refractivity contribution in [3.05, 3.63) is 90.5 Å². The van der Waals surface area contributed by atoms with E-state index in [0.717, 1.165) is 11.1 Å². The van der Waals surface area contributed by atoms with Crippen LogP contribution in [0, 0.1) is 20.2 Å². The summed E-state index contributed by atoms with van der Waals surface area (Å²) in [6, 6.07) is 7.03. The maximum absolute atomic E-state index is 11.2. The van der Waals surface area contributed by atoms with Gasteiger partial charge in [-0.1, -0.05) is 47.5 Å². The Morgan fingerprint density at radius 2 is 1.12 bits per heavy atom. The smallest absolute Gasteiger partial charge is 0.274 e. The molecular formula is C24H28Cl2N10O4. The summed E-state index contributed by atoms with van der Waals surface area (Å²) in [6.45, 7) is 4.48. The Labute approximate surface area is 240 Å². The first-order chi connectivity index (χ1) is 19.3. The molecule has 4 rings (SSSR count). The van der Waals surface area contributed by atoms with E-state index in [1.165, 1.54) is 0 Å². The third kappa shape index (κ3) is 8.23. The number of rotatable bonds is 12. The zero-order valence-corrected chi connectivity index (χ0v) is 23.1. The van der Waals surface area contributed by atoms with Crippen molar-refractivity contribution >= 4 is 35.1 Å². The van der Waals surface area contributed by atoms with E-state index < -0.39 is 10.1 Å². The van der Waals surface area contributed by atoms with Gasteiger partial charge in [-0.3, -0.25) is 0 Å². The van der Waals surface area contributed by atoms with Crippen molar-refractivity contribution in [2.75, 3.05) is 39.3 Å². The maximum atomic E-state index is 11.2. The van der Waals surface area contributed by atoms with Gasteiger partial charge in [-0.25, -0.2) is 30.2 Å². The highest BCUT2D eigenvalue weighted by atomic mass is 35.5. The van der Waals surface area contributed by atoms with E-state index in [1.54, 1.807) is 24.5 Å². The molecule has 40 heavy (non-hydrogen) atoms. The van der Waals surface area contributed by atoms with Gasteiger partial charge in [-0.05, 0) is 36.1 Å². The summed E-state index contributed by atoms with van der Waals surface area (Å²) in [5.74, 6) is 0.643. The lowest BCUT2D eigenvalue weighted by Gasteiger charge is -2.20. The number of halogens is 2. The average Bonchev–Trinajstić information content (AvgIpc) is 3.46. The Morgan fingerprint density at radius 3 is 1.48 bits per heavy atom. The van der Waals surface area contributed by atoms with Crippen molar-refractivity contribution in [2.45, 2.75) is 25.9 Å². The Morgan fingerprint density at radius 1 is 0.725 bits per heavy atom. The minimum atomic E-state index is -0.677. The highest BCUT2D eigenvalue weighted by Crippen LogP contribution is 2.17. The third-order valence-corrected chi connectivity index (χ3v) is 6.82. The number of nitrogens with zero attached hydrogens (tertiary/aromatic N) is 10. The van der Waals surface area contributed by atoms with Crippen LogP contribution < -0.4 is 0 Å². The summed E-state index contributed by atoms with van der Waals surface area (Å²) in [5.41, 5.74) is 1.76. The molecule has 2 aromatic heterocycles. The van der Waals surface area contributed by atoms with Crippen LogP contribution in [-0.2, 0) is 13.1 Å². The van der Waals surface area contributed by atoms with E-state index in [-0.39, 0.29) is 0 Å². The number of guanidine groups is 2. The number of hydrazone groups is 2. The van der Waals surface area contributed by atoms with Crippen molar-refractivity contribution in [1.82, 2.24) is 29.6 Å². The normalized spacial score (nSPS) is 17.6. The molecule has 212 valence electrons. The molecule has 0 spiro atoms. The molecule has 2 aliphatic rings. The molecule has 0 amide bonds.